The van der Waals surface area contributed by atoms with Crippen molar-refractivity contribution in [1.29, 1.82) is 0 Å². The Hall–Kier alpha value is -1.34. The molecule has 3 aromatic carbocycles. The molecule has 0 aromatic heterocycles. The first-order valence-electron chi connectivity index (χ1n) is 6.72. The smallest absolute Gasteiger partial charge is 0.0379 e. The van der Waals surface area contributed by atoms with E-state index < -0.39 is 6.04 Å². The second kappa shape index (κ2) is 6.19. The van der Waals surface area contributed by atoms with Crippen LogP contribution in [0.15, 0.2) is 89.8 Å². The molecule has 104 valence electrons. The molecular formula is C18H15PS2. The molecule has 0 saturated heterocycles. The molecule has 0 aliphatic rings. The van der Waals surface area contributed by atoms with Gasteiger partial charge in [0.2, 0.25) is 0 Å². The molecule has 0 heterocycles. The van der Waals surface area contributed by atoms with Crippen LogP contribution in [0.2, 0.25) is 0 Å². The van der Waals surface area contributed by atoms with E-state index in [4.69, 9.17) is 11.8 Å². The van der Waals surface area contributed by atoms with Crippen LogP contribution in [0.1, 0.15) is 0 Å². The van der Waals surface area contributed by atoms with Gasteiger partial charge in [-0.2, -0.15) is 0 Å². The maximum Gasteiger partial charge on any atom is 0.0379 e. The number of thiol groups is 1. The van der Waals surface area contributed by atoms with Gasteiger partial charge in [-0.05, 0) is 28.0 Å². The summed E-state index contributed by atoms with van der Waals surface area (Å²) in [6, 6.07) is 27.1. The molecule has 0 bridgehead atoms. The molecule has 3 heteroatoms. The van der Waals surface area contributed by atoms with E-state index in [9.17, 15) is 0 Å². The Bertz CT molecular complexity index is 722. The maximum atomic E-state index is 6.23. The molecule has 3 aromatic rings. The van der Waals surface area contributed by atoms with Crippen LogP contribution in [-0.4, -0.2) is 0 Å². The predicted molar refractivity (Wildman–Crippen MR) is 99.8 cm³/mol. The first-order valence-corrected chi connectivity index (χ1v) is 9.97. The van der Waals surface area contributed by atoms with E-state index in [2.05, 4.69) is 73.3 Å². The second-order valence-corrected chi connectivity index (χ2v) is 9.72. The third kappa shape index (κ3) is 2.85. The number of rotatable bonds is 3. The van der Waals surface area contributed by atoms with Gasteiger partial charge in [-0.15, -0.1) is 12.6 Å². The van der Waals surface area contributed by atoms with Gasteiger partial charge < -0.3 is 0 Å². The zero-order valence-corrected chi connectivity index (χ0v) is 14.0. The van der Waals surface area contributed by atoms with Crippen molar-refractivity contribution in [3.63, 3.8) is 0 Å². The Balaban J connectivity index is 2.26. The summed E-state index contributed by atoms with van der Waals surface area (Å²) in [5, 5.41) is 3.64. The van der Waals surface area contributed by atoms with Gasteiger partial charge in [-0.25, -0.2) is 0 Å². The monoisotopic (exact) mass is 326 g/mol. The normalized spacial score (nSPS) is 11.3. The minimum Gasteiger partial charge on any atom is -0.143 e. The molecule has 0 fully saturated rings. The van der Waals surface area contributed by atoms with Crippen molar-refractivity contribution in [3.05, 3.63) is 84.9 Å². The SMILES string of the molecule is S=P(c1ccccc1)(c1ccccc1)c1ccc(S)cc1. The minimum atomic E-state index is -2.00. The fourth-order valence-electron chi connectivity index (χ4n) is 2.39. The van der Waals surface area contributed by atoms with E-state index in [1.165, 1.54) is 15.9 Å². The van der Waals surface area contributed by atoms with Crippen molar-refractivity contribution < 1.29 is 0 Å². The van der Waals surface area contributed by atoms with Crippen LogP contribution in [0.25, 0.3) is 0 Å². The highest BCUT2D eigenvalue weighted by Gasteiger charge is 2.24. The second-order valence-electron chi connectivity index (χ2n) is 4.80. The molecule has 3 rings (SSSR count). The summed E-state index contributed by atoms with van der Waals surface area (Å²) >= 11 is 10.6. The predicted octanol–water partition coefficient (Wildman–Crippen LogP) is 3.73. The number of benzene rings is 3. The zero-order chi connectivity index (χ0) is 14.7. The maximum absolute atomic E-state index is 6.23. The molecule has 21 heavy (non-hydrogen) atoms. The van der Waals surface area contributed by atoms with Crippen molar-refractivity contribution in [1.82, 2.24) is 0 Å². The van der Waals surface area contributed by atoms with E-state index in [-0.39, 0.29) is 0 Å². The van der Waals surface area contributed by atoms with E-state index in [1.807, 2.05) is 24.3 Å². The Morgan fingerprint density at radius 2 is 0.952 bits per heavy atom. The lowest BCUT2D eigenvalue weighted by molar-refractivity contribution is 1.50. The Kier molecular flexibility index (Phi) is 4.30. The highest BCUT2D eigenvalue weighted by Crippen LogP contribution is 2.42. The van der Waals surface area contributed by atoms with Gasteiger partial charge in [0, 0.05) is 10.9 Å². The average molecular weight is 326 g/mol. The third-order valence-electron chi connectivity index (χ3n) is 3.45. The number of hydrogen-bond donors (Lipinski definition) is 1. The standard InChI is InChI=1S/C18H15PS2/c20-18-13-11-17(12-14-18)19(21,15-7-3-1-4-8-15)16-9-5-2-6-10-16/h1-14,20H. The third-order valence-corrected chi connectivity index (χ3v) is 8.72. The van der Waals surface area contributed by atoms with Crippen LogP contribution in [0.5, 0.6) is 0 Å². The average Bonchev–Trinajstić information content (AvgIpc) is 2.56. The van der Waals surface area contributed by atoms with Gasteiger partial charge in [0.1, 0.15) is 0 Å². The summed E-state index contributed by atoms with van der Waals surface area (Å²) in [6.07, 6.45) is 0. The fraction of sp³-hybridized carbons (Fsp3) is 0. The summed E-state index contributed by atoms with van der Waals surface area (Å²) < 4.78 is 0. The van der Waals surface area contributed by atoms with Gasteiger partial charge in [0.25, 0.3) is 0 Å². The van der Waals surface area contributed by atoms with Crippen LogP contribution >= 0.6 is 18.7 Å². The molecule has 0 saturated carbocycles. The lowest BCUT2D eigenvalue weighted by Gasteiger charge is -2.24. The van der Waals surface area contributed by atoms with Gasteiger partial charge in [-0.3, -0.25) is 0 Å². The summed E-state index contributed by atoms with van der Waals surface area (Å²) in [4.78, 5) is 0.960. The summed E-state index contributed by atoms with van der Waals surface area (Å²) in [5.41, 5.74) is 0. The highest BCUT2D eigenvalue weighted by molar-refractivity contribution is 8.25. The molecular weight excluding hydrogens is 311 g/mol. The van der Waals surface area contributed by atoms with E-state index >= 15 is 0 Å². The molecule has 0 spiro atoms. The van der Waals surface area contributed by atoms with E-state index in [0.29, 0.717) is 0 Å². The lowest BCUT2D eigenvalue weighted by atomic mass is 10.3. The molecule has 0 radical (unpaired) electrons. The topological polar surface area (TPSA) is 0 Å². The molecule has 0 atom stereocenters. The van der Waals surface area contributed by atoms with Crippen LogP contribution in [0, 0.1) is 0 Å². The van der Waals surface area contributed by atoms with Crippen LogP contribution < -0.4 is 15.9 Å². The van der Waals surface area contributed by atoms with Crippen molar-refractivity contribution >= 4 is 46.4 Å². The first kappa shape index (κ1) is 14.6. The summed E-state index contributed by atoms with van der Waals surface area (Å²) in [6.45, 7) is 0. The summed E-state index contributed by atoms with van der Waals surface area (Å²) in [7, 11) is 0. The van der Waals surface area contributed by atoms with E-state index in [1.54, 1.807) is 0 Å². The van der Waals surface area contributed by atoms with Gasteiger partial charge in [0.05, 0.1) is 0 Å². The molecule has 0 amide bonds. The van der Waals surface area contributed by atoms with Crippen molar-refractivity contribution in [3.8, 4) is 0 Å². The van der Waals surface area contributed by atoms with Crippen molar-refractivity contribution in [2.75, 3.05) is 0 Å². The first-order chi connectivity index (χ1) is 10.2. The Morgan fingerprint density at radius 3 is 1.38 bits per heavy atom. The van der Waals surface area contributed by atoms with Gasteiger partial charge >= 0.3 is 0 Å². The van der Waals surface area contributed by atoms with Crippen LogP contribution in [-0.2, 0) is 11.8 Å². The Morgan fingerprint density at radius 1 is 0.571 bits per heavy atom. The molecule has 0 nitrogen and oxygen atoms in total. The minimum absolute atomic E-state index is 0.960. The van der Waals surface area contributed by atoms with Gasteiger partial charge in [0.15, 0.2) is 0 Å². The van der Waals surface area contributed by atoms with Crippen molar-refractivity contribution in [2.45, 2.75) is 4.90 Å². The van der Waals surface area contributed by atoms with Gasteiger partial charge in [-0.1, -0.05) is 84.6 Å². The molecule has 0 aliphatic carbocycles. The number of hydrogen-bond acceptors (Lipinski definition) is 2. The lowest BCUT2D eigenvalue weighted by Crippen LogP contribution is -2.24. The zero-order valence-electron chi connectivity index (χ0n) is 11.4. The Labute approximate surface area is 136 Å². The molecule has 0 N–H and O–H groups in total. The molecule has 0 aliphatic heterocycles. The largest absolute Gasteiger partial charge is 0.143 e. The van der Waals surface area contributed by atoms with Crippen molar-refractivity contribution in [2.24, 2.45) is 0 Å². The van der Waals surface area contributed by atoms with Crippen LogP contribution in [0.4, 0.5) is 0 Å². The van der Waals surface area contributed by atoms with E-state index in [0.717, 1.165) is 4.90 Å². The van der Waals surface area contributed by atoms with Crippen LogP contribution in [0.3, 0.4) is 0 Å². The molecule has 0 unspecified atom stereocenters. The highest BCUT2D eigenvalue weighted by atomic mass is 32.4. The summed E-state index contributed by atoms with van der Waals surface area (Å²) in [5.74, 6) is 0. The quantitative estimate of drug-likeness (QED) is 0.565. The fourth-order valence-corrected chi connectivity index (χ4v) is 6.28.